The Labute approximate surface area is 113 Å². The van der Waals surface area contributed by atoms with Crippen molar-refractivity contribution >= 4 is 22.9 Å². The Hall–Kier alpha value is -0.970. The molecule has 1 aromatic carbocycles. The molecule has 96 valence electrons. The SMILES string of the molecule is CC(NCc1cc(Cl)cs1)c1c(F)cccc1F. The molecule has 2 rings (SSSR count). The van der Waals surface area contributed by atoms with Gasteiger partial charge in [-0.1, -0.05) is 17.7 Å². The smallest absolute Gasteiger partial charge is 0.130 e. The molecule has 0 fully saturated rings. The first-order valence-corrected chi connectivity index (χ1v) is 6.74. The zero-order chi connectivity index (χ0) is 13.1. The van der Waals surface area contributed by atoms with Gasteiger partial charge in [-0.15, -0.1) is 11.3 Å². The second-order valence-electron chi connectivity index (χ2n) is 3.97. The summed E-state index contributed by atoms with van der Waals surface area (Å²) in [6.45, 7) is 2.27. The van der Waals surface area contributed by atoms with Gasteiger partial charge in [0.25, 0.3) is 0 Å². The van der Waals surface area contributed by atoms with Crippen molar-refractivity contribution in [1.82, 2.24) is 5.32 Å². The molecule has 0 aliphatic heterocycles. The first kappa shape index (κ1) is 13.5. The summed E-state index contributed by atoms with van der Waals surface area (Å²) in [4.78, 5) is 1.03. The molecule has 0 saturated carbocycles. The third-order valence-corrected chi connectivity index (χ3v) is 3.92. The van der Waals surface area contributed by atoms with Crippen LogP contribution in [0.4, 0.5) is 8.78 Å². The zero-order valence-corrected chi connectivity index (χ0v) is 11.3. The average molecular weight is 288 g/mol. The summed E-state index contributed by atoms with van der Waals surface area (Å²) >= 11 is 7.32. The highest BCUT2D eigenvalue weighted by molar-refractivity contribution is 7.10. The van der Waals surface area contributed by atoms with E-state index >= 15 is 0 Å². The van der Waals surface area contributed by atoms with Crippen molar-refractivity contribution in [3.63, 3.8) is 0 Å². The Morgan fingerprint density at radius 3 is 2.56 bits per heavy atom. The fourth-order valence-electron chi connectivity index (χ4n) is 1.73. The van der Waals surface area contributed by atoms with Crippen LogP contribution in [-0.4, -0.2) is 0 Å². The Kier molecular flexibility index (Phi) is 4.32. The van der Waals surface area contributed by atoms with Crippen LogP contribution in [-0.2, 0) is 6.54 Å². The van der Waals surface area contributed by atoms with Crippen molar-refractivity contribution in [3.05, 3.63) is 56.7 Å². The number of hydrogen-bond acceptors (Lipinski definition) is 2. The molecule has 0 amide bonds. The van der Waals surface area contributed by atoms with Crippen molar-refractivity contribution in [3.8, 4) is 0 Å². The highest BCUT2D eigenvalue weighted by Gasteiger charge is 2.15. The zero-order valence-electron chi connectivity index (χ0n) is 9.71. The van der Waals surface area contributed by atoms with Crippen molar-refractivity contribution in [2.45, 2.75) is 19.5 Å². The van der Waals surface area contributed by atoms with Crippen molar-refractivity contribution < 1.29 is 8.78 Å². The predicted molar refractivity (Wildman–Crippen MR) is 70.9 cm³/mol. The molecule has 1 N–H and O–H groups in total. The molecule has 0 aliphatic rings. The summed E-state index contributed by atoms with van der Waals surface area (Å²) in [6, 6.07) is 5.33. The van der Waals surface area contributed by atoms with Crippen LogP contribution < -0.4 is 5.32 Å². The average Bonchev–Trinajstić information content (AvgIpc) is 2.72. The van der Waals surface area contributed by atoms with Crippen LogP contribution in [0.5, 0.6) is 0 Å². The van der Waals surface area contributed by atoms with E-state index in [2.05, 4.69) is 5.32 Å². The Morgan fingerprint density at radius 2 is 2.00 bits per heavy atom. The molecule has 1 atom stereocenters. The van der Waals surface area contributed by atoms with E-state index in [-0.39, 0.29) is 5.56 Å². The third-order valence-electron chi connectivity index (χ3n) is 2.64. The third kappa shape index (κ3) is 3.07. The van der Waals surface area contributed by atoms with Gasteiger partial charge in [0.05, 0.1) is 5.02 Å². The van der Waals surface area contributed by atoms with Crippen LogP contribution >= 0.6 is 22.9 Å². The quantitative estimate of drug-likeness (QED) is 0.871. The largest absolute Gasteiger partial charge is 0.305 e. The minimum Gasteiger partial charge on any atom is -0.305 e. The fraction of sp³-hybridized carbons (Fsp3) is 0.231. The van der Waals surface area contributed by atoms with E-state index in [9.17, 15) is 8.78 Å². The van der Waals surface area contributed by atoms with Gasteiger partial charge in [-0.3, -0.25) is 0 Å². The number of hydrogen-bond donors (Lipinski definition) is 1. The van der Waals surface area contributed by atoms with Crippen molar-refractivity contribution in [2.24, 2.45) is 0 Å². The molecule has 1 aromatic heterocycles. The first-order valence-electron chi connectivity index (χ1n) is 5.48. The van der Waals surface area contributed by atoms with E-state index in [0.717, 1.165) is 4.88 Å². The Bertz CT molecular complexity index is 521. The van der Waals surface area contributed by atoms with Crippen LogP contribution in [0.2, 0.25) is 5.02 Å². The summed E-state index contributed by atoms with van der Waals surface area (Å²) in [5, 5.41) is 5.59. The standard InChI is InChI=1S/C13H12ClF2NS/c1-8(13-11(15)3-2-4-12(13)16)17-6-10-5-9(14)7-18-10/h2-5,7-8,17H,6H2,1H3. The van der Waals surface area contributed by atoms with Gasteiger partial charge in [0.15, 0.2) is 0 Å². The van der Waals surface area contributed by atoms with E-state index in [1.54, 1.807) is 6.92 Å². The van der Waals surface area contributed by atoms with E-state index in [0.29, 0.717) is 11.6 Å². The first-order chi connectivity index (χ1) is 8.58. The molecule has 1 unspecified atom stereocenters. The molecule has 0 bridgehead atoms. The van der Waals surface area contributed by atoms with Crippen molar-refractivity contribution in [2.75, 3.05) is 0 Å². The predicted octanol–water partition coefficient (Wildman–Crippen LogP) is 4.53. The number of thiophene rings is 1. The van der Waals surface area contributed by atoms with E-state index < -0.39 is 17.7 Å². The van der Waals surface area contributed by atoms with Gasteiger partial charge < -0.3 is 5.32 Å². The summed E-state index contributed by atoms with van der Waals surface area (Å²) in [7, 11) is 0. The summed E-state index contributed by atoms with van der Waals surface area (Å²) in [5.41, 5.74) is 0.0696. The van der Waals surface area contributed by atoms with Gasteiger partial charge in [-0.05, 0) is 25.1 Å². The summed E-state index contributed by atoms with van der Waals surface area (Å²) in [6.07, 6.45) is 0. The number of halogens is 3. The van der Waals surface area contributed by atoms with E-state index in [1.165, 1.54) is 29.5 Å². The van der Waals surface area contributed by atoms with Gasteiger partial charge in [0, 0.05) is 28.4 Å². The van der Waals surface area contributed by atoms with E-state index in [1.807, 2.05) is 11.4 Å². The molecule has 0 spiro atoms. The monoisotopic (exact) mass is 287 g/mol. The number of benzene rings is 1. The minimum atomic E-state index is -0.529. The molecule has 0 aliphatic carbocycles. The maximum absolute atomic E-state index is 13.5. The highest BCUT2D eigenvalue weighted by Crippen LogP contribution is 2.23. The van der Waals surface area contributed by atoms with Gasteiger partial charge in [0.1, 0.15) is 11.6 Å². The molecule has 0 saturated heterocycles. The molecule has 2 aromatic rings. The topological polar surface area (TPSA) is 12.0 Å². The molecule has 1 nitrogen and oxygen atoms in total. The second kappa shape index (κ2) is 5.78. The molecular formula is C13H12ClF2NS. The molecule has 5 heteroatoms. The van der Waals surface area contributed by atoms with Crippen LogP contribution in [0.1, 0.15) is 23.4 Å². The Morgan fingerprint density at radius 1 is 1.33 bits per heavy atom. The van der Waals surface area contributed by atoms with Gasteiger partial charge in [-0.2, -0.15) is 0 Å². The van der Waals surface area contributed by atoms with Gasteiger partial charge in [-0.25, -0.2) is 8.78 Å². The highest BCUT2D eigenvalue weighted by atomic mass is 35.5. The number of nitrogens with one attached hydrogen (secondary N) is 1. The van der Waals surface area contributed by atoms with E-state index in [4.69, 9.17) is 11.6 Å². The van der Waals surface area contributed by atoms with Crippen molar-refractivity contribution in [1.29, 1.82) is 0 Å². The normalized spacial score (nSPS) is 12.7. The van der Waals surface area contributed by atoms with Crippen LogP contribution in [0, 0.1) is 11.6 Å². The maximum atomic E-state index is 13.5. The van der Waals surface area contributed by atoms with Gasteiger partial charge >= 0.3 is 0 Å². The lowest BCUT2D eigenvalue weighted by atomic mass is 10.1. The lowest BCUT2D eigenvalue weighted by Gasteiger charge is -2.15. The second-order valence-corrected chi connectivity index (χ2v) is 5.40. The fourth-order valence-corrected chi connectivity index (χ4v) is 2.75. The van der Waals surface area contributed by atoms with Gasteiger partial charge in [0.2, 0.25) is 0 Å². The molecule has 0 radical (unpaired) electrons. The van der Waals surface area contributed by atoms with Crippen LogP contribution in [0.25, 0.3) is 0 Å². The lowest BCUT2D eigenvalue weighted by Crippen LogP contribution is -2.19. The molecule has 18 heavy (non-hydrogen) atoms. The summed E-state index contributed by atoms with van der Waals surface area (Å²) < 4.78 is 27.1. The summed E-state index contributed by atoms with van der Waals surface area (Å²) in [5.74, 6) is -1.06. The molecular weight excluding hydrogens is 276 g/mol. The lowest BCUT2D eigenvalue weighted by molar-refractivity contribution is 0.489. The Balaban J connectivity index is 2.06. The maximum Gasteiger partial charge on any atom is 0.130 e. The molecule has 1 heterocycles. The minimum absolute atomic E-state index is 0.0696. The van der Waals surface area contributed by atoms with Crippen LogP contribution in [0.3, 0.4) is 0 Å². The van der Waals surface area contributed by atoms with Crippen LogP contribution in [0.15, 0.2) is 29.6 Å². The number of rotatable bonds is 4.